The van der Waals surface area contributed by atoms with Crippen LogP contribution in [0.4, 0.5) is 0 Å². The van der Waals surface area contributed by atoms with E-state index >= 15 is 0 Å². The molecule has 2 rings (SSSR count). The Bertz CT molecular complexity index is 623. The Balaban J connectivity index is 0.00000392. The SMILES string of the molecule is CCNC(=NCC(C)(O)c1ccc(C)o1)NCC1CCCOC1C(C)(C)C.I. The van der Waals surface area contributed by atoms with Gasteiger partial charge < -0.3 is 24.9 Å². The Kier molecular flexibility index (Phi) is 9.76. The Hall–Kier alpha value is -0.800. The number of furan rings is 1. The molecule has 0 radical (unpaired) electrons. The van der Waals surface area contributed by atoms with Crippen molar-refractivity contribution in [2.75, 3.05) is 26.2 Å². The zero-order chi connectivity index (χ0) is 20.1. The summed E-state index contributed by atoms with van der Waals surface area (Å²) in [5.41, 5.74) is -1.03. The van der Waals surface area contributed by atoms with Crippen molar-refractivity contribution >= 4 is 29.9 Å². The number of halogens is 1. The summed E-state index contributed by atoms with van der Waals surface area (Å²) in [7, 11) is 0. The van der Waals surface area contributed by atoms with E-state index in [0.717, 1.165) is 38.3 Å². The van der Waals surface area contributed by atoms with Gasteiger partial charge in [-0.25, -0.2) is 4.99 Å². The molecule has 3 unspecified atom stereocenters. The Labute approximate surface area is 186 Å². The molecule has 1 aromatic rings. The van der Waals surface area contributed by atoms with Gasteiger partial charge in [-0.3, -0.25) is 0 Å². The molecule has 0 spiro atoms. The van der Waals surface area contributed by atoms with Crippen LogP contribution in [0.2, 0.25) is 0 Å². The van der Waals surface area contributed by atoms with Crippen LogP contribution in [0.15, 0.2) is 21.5 Å². The normalized spacial score (nSPS) is 22.9. The van der Waals surface area contributed by atoms with Gasteiger partial charge in [0.2, 0.25) is 0 Å². The number of aliphatic imine (C=N–C) groups is 1. The van der Waals surface area contributed by atoms with Crippen molar-refractivity contribution < 1.29 is 14.3 Å². The molecule has 1 saturated heterocycles. The molecule has 1 aliphatic heterocycles. The predicted molar refractivity (Wildman–Crippen MR) is 124 cm³/mol. The molecule has 3 N–H and O–H groups in total. The van der Waals surface area contributed by atoms with Gasteiger partial charge in [0.25, 0.3) is 0 Å². The smallest absolute Gasteiger partial charge is 0.191 e. The summed E-state index contributed by atoms with van der Waals surface area (Å²) in [6.45, 7) is 15.0. The second-order valence-corrected chi connectivity index (χ2v) is 8.82. The van der Waals surface area contributed by atoms with Crippen LogP contribution in [0.25, 0.3) is 0 Å². The lowest BCUT2D eigenvalue weighted by Crippen LogP contribution is -2.47. The number of rotatable bonds is 6. The van der Waals surface area contributed by atoms with Crippen LogP contribution in [-0.4, -0.2) is 43.4 Å². The highest BCUT2D eigenvalue weighted by molar-refractivity contribution is 14.0. The Morgan fingerprint density at radius 1 is 1.25 bits per heavy atom. The predicted octanol–water partition coefficient (Wildman–Crippen LogP) is 3.81. The maximum absolute atomic E-state index is 10.7. The lowest BCUT2D eigenvalue weighted by molar-refractivity contribution is -0.0835. The topological polar surface area (TPSA) is 79.0 Å². The number of hydrogen-bond donors (Lipinski definition) is 3. The highest BCUT2D eigenvalue weighted by Crippen LogP contribution is 2.33. The van der Waals surface area contributed by atoms with Crippen LogP contribution in [0, 0.1) is 18.3 Å². The molecule has 1 aliphatic rings. The largest absolute Gasteiger partial charge is 0.463 e. The lowest BCUT2D eigenvalue weighted by atomic mass is 9.78. The molecule has 162 valence electrons. The summed E-state index contributed by atoms with van der Waals surface area (Å²) < 4.78 is 11.6. The summed E-state index contributed by atoms with van der Waals surface area (Å²) in [6.07, 6.45) is 2.48. The van der Waals surface area contributed by atoms with Crippen molar-refractivity contribution in [2.45, 2.75) is 66.1 Å². The first-order valence-electron chi connectivity index (χ1n) is 10.1. The van der Waals surface area contributed by atoms with Crippen LogP contribution >= 0.6 is 24.0 Å². The molecule has 28 heavy (non-hydrogen) atoms. The van der Waals surface area contributed by atoms with Crippen LogP contribution in [0.5, 0.6) is 0 Å². The van der Waals surface area contributed by atoms with Gasteiger partial charge in [-0.05, 0) is 51.2 Å². The molecule has 7 heteroatoms. The first kappa shape index (κ1) is 25.2. The summed E-state index contributed by atoms with van der Waals surface area (Å²) in [4.78, 5) is 4.59. The standard InChI is InChI=1S/C21H37N3O3.HI/c1-7-22-19(24-14-21(6,25)17-11-10-15(2)27-17)23-13-16-9-8-12-26-18(16)20(3,4)5;/h10-11,16,18,25H,7-9,12-14H2,1-6H3,(H2,22,23,24);1H. The minimum atomic E-state index is -1.14. The van der Waals surface area contributed by atoms with Gasteiger partial charge in [0.15, 0.2) is 5.96 Å². The van der Waals surface area contributed by atoms with Crippen LogP contribution in [0.1, 0.15) is 59.0 Å². The van der Waals surface area contributed by atoms with Crippen LogP contribution in [0.3, 0.4) is 0 Å². The second-order valence-electron chi connectivity index (χ2n) is 8.82. The fourth-order valence-electron chi connectivity index (χ4n) is 3.61. The van der Waals surface area contributed by atoms with E-state index in [-0.39, 0.29) is 42.0 Å². The van der Waals surface area contributed by atoms with E-state index in [2.05, 4.69) is 36.4 Å². The highest BCUT2D eigenvalue weighted by Gasteiger charge is 2.35. The van der Waals surface area contributed by atoms with Gasteiger partial charge >= 0.3 is 0 Å². The molecule has 2 heterocycles. The van der Waals surface area contributed by atoms with Gasteiger partial charge in [0.05, 0.1) is 12.6 Å². The average molecular weight is 507 g/mol. The Morgan fingerprint density at radius 3 is 2.54 bits per heavy atom. The molecule has 0 saturated carbocycles. The fourth-order valence-corrected chi connectivity index (χ4v) is 3.61. The molecule has 0 bridgehead atoms. The van der Waals surface area contributed by atoms with Crippen molar-refractivity contribution in [3.63, 3.8) is 0 Å². The summed E-state index contributed by atoms with van der Waals surface area (Å²) in [5, 5.41) is 17.4. The van der Waals surface area contributed by atoms with Gasteiger partial charge in [-0.1, -0.05) is 20.8 Å². The van der Waals surface area contributed by atoms with Crippen molar-refractivity contribution in [1.82, 2.24) is 10.6 Å². The minimum Gasteiger partial charge on any atom is -0.463 e. The van der Waals surface area contributed by atoms with Gasteiger partial charge in [-0.15, -0.1) is 24.0 Å². The molecule has 6 nitrogen and oxygen atoms in total. The molecule has 1 aromatic heterocycles. The molecule has 0 aromatic carbocycles. The van der Waals surface area contributed by atoms with E-state index in [9.17, 15) is 5.11 Å². The zero-order valence-electron chi connectivity index (χ0n) is 18.2. The van der Waals surface area contributed by atoms with Crippen molar-refractivity contribution in [2.24, 2.45) is 16.3 Å². The molecular weight excluding hydrogens is 469 g/mol. The number of aryl methyl sites for hydroxylation is 1. The molecule has 1 fully saturated rings. The van der Waals surface area contributed by atoms with Crippen molar-refractivity contribution in [3.8, 4) is 0 Å². The molecule has 0 amide bonds. The fraction of sp³-hybridized carbons (Fsp3) is 0.762. The average Bonchev–Trinajstić information content (AvgIpc) is 3.04. The molecular formula is C21H38IN3O3. The third-order valence-corrected chi connectivity index (χ3v) is 4.99. The van der Waals surface area contributed by atoms with Gasteiger partial charge in [0.1, 0.15) is 17.1 Å². The third-order valence-electron chi connectivity index (χ3n) is 4.99. The minimum absolute atomic E-state index is 0. The number of nitrogens with one attached hydrogen (secondary N) is 2. The van der Waals surface area contributed by atoms with Crippen molar-refractivity contribution in [3.05, 3.63) is 23.7 Å². The third kappa shape index (κ3) is 7.22. The number of nitrogens with zero attached hydrogens (tertiary/aromatic N) is 1. The first-order chi connectivity index (χ1) is 12.6. The van der Waals surface area contributed by atoms with E-state index in [1.165, 1.54) is 0 Å². The van der Waals surface area contributed by atoms with E-state index in [1.807, 2.05) is 19.9 Å². The van der Waals surface area contributed by atoms with E-state index < -0.39 is 5.60 Å². The lowest BCUT2D eigenvalue weighted by Gasteiger charge is -2.40. The van der Waals surface area contributed by atoms with Crippen molar-refractivity contribution in [1.29, 1.82) is 0 Å². The summed E-state index contributed by atoms with van der Waals surface area (Å²) in [5.74, 6) is 2.47. The molecule has 3 atom stereocenters. The van der Waals surface area contributed by atoms with Gasteiger partial charge in [0, 0.05) is 25.6 Å². The van der Waals surface area contributed by atoms with Gasteiger partial charge in [-0.2, -0.15) is 0 Å². The van der Waals surface area contributed by atoms with Crippen LogP contribution < -0.4 is 10.6 Å². The molecule has 0 aliphatic carbocycles. The summed E-state index contributed by atoms with van der Waals surface area (Å²) >= 11 is 0. The maximum atomic E-state index is 10.7. The zero-order valence-corrected chi connectivity index (χ0v) is 20.5. The quantitative estimate of drug-likeness (QED) is 0.310. The number of guanidine groups is 1. The van der Waals surface area contributed by atoms with E-state index in [4.69, 9.17) is 9.15 Å². The monoisotopic (exact) mass is 507 g/mol. The van der Waals surface area contributed by atoms with E-state index in [0.29, 0.717) is 17.6 Å². The number of ether oxygens (including phenoxy) is 1. The number of aliphatic hydroxyl groups is 1. The number of hydrogen-bond acceptors (Lipinski definition) is 4. The highest BCUT2D eigenvalue weighted by atomic mass is 127. The maximum Gasteiger partial charge on any atom is 0.191 e. The summed E-state index contributed by atoms with van der Waals surface area (Å²) in [6, 6.07) is 3.66. The van der Waals surface area contributed by atoms with E-state index in [1.54, 1.807) is 13.0 Å². The second kappa shape index (κ2) is 10.8. The Morgan fingerprint density at radius 2 is 1.96 bits per heavy atom. The first-order valence-corrected chi connectivity index (χ1v) is 10.1. The van der Waals surface area contributed by atoms with Crippen LogP contribution in [-0.2, 0) is 10.3 Å².